The Morgan fingerprint density at radius 1 is 0.761 bits per heavy atom. The molecule has 1 saturated heterocycles. The predicted octanol–water partition coefficient (Wildman–Crippen LogP) is 8.55. The van der Waals surface area contributed by atoms with Crippen molar-refractivity contribution in [1.29, 1.82) is 0 Å². The van der Waals surface area contributed by atoms with E-state index in [1.807, 2.05) is 36.4 Å². The number of carbonyl (C=O) groups excluding carboxylic acids is 1. The molecule has 46 heavy (non-hydrogen) atoms. The number of anilines is 1. The van der Waals surface area contributed by atoms with Crippen LogP contribution in [0.4, 0.5) is 5.69 Å². The number of benzene rings is 2. The van der Waals surface area contributed by atoms with Crippen molar-refractivity contribution in [2.75, 3.05) is 25.0 Å². The van der Waals surface area contributed by atoms with Crippen LogP contribution in [-0.2, 0) is 25.7 Å². The third-order valence-corrected chi connectivity index (χ3v) is 8.77. The third-order valence-electron chi connectivity index (χ3n) is 8.77. The lowest BCUT2D eigenvalue weighted by Gasteiger charge is -2.38. The highest BCUT2D eigenvalue weighted by Gasteiger charge is 2.33. The molecule has 1 aliphatic heterocycles. The summed E-state index contributed by atoms with van der Waals surface area (Å²) in [6.45, 7) is 7.54. The first kappa shape index (κ1) is 37.7. The third kappa shape index (κ3) is 14.3. The lowest BCUT2D eigenvalue weighted by molar-refractivity contribution is -0.253. The molecule has 0 spiro atoms. The molecule has 1 amide bonds. The molecule has 3 rings (SSSR count). The van der Waals surface area contributed by atoms with Crippen LogP contribution in [-0.4, -0.2) is 52.7 Å². The zero-order chi connectivity index (χ0) is 33.0. The largest absolute Gasteiger partial charge is 0.481 e. The number of carbonyl (C=O) groups is 2. The highest BCUT2D eigenvalue weighted by atomic mass is 16.7. The first-order chi connectivity index (χ1) is 22.4. The van der Waals surface area contributed by atoms with Crippen molar-refractivity contribution in [3.05, 3.63) is 65.2 Å². The smallest absolute Gasteiger partial charge is 0.303 e. The standard InChI is InChI=1S/C38H58N2O6/c1-3-5-7-9-11-13-25-40(26-14-12-10-8-6-4-2)28-34-27-35(31-17-15-30(29-41)16-18-31)46-38(45-34)32-19-21-33(22-20-32)39-36(42)23-24-37(43)44/h15-22,34-35,38,41H,3-14,23-29H2,1-2H3,(H,39,42)(H,43,44). The Hall–Kier alpha value is -2.78. The summed E-state index contributed by atoms with van der Waals surface area (Å²) in [5, 5.41) is 21.2. The molecular formula is C38H58N2O6. The van der Waals surface area contributed by atoms with E-state index in [9.17, 15) is 14.7 Å². The van der Waals surface area contributed by atoms with Gasteiger partial charge in [0, 0.05) is 30.6 Å². The minimum absolute atomic E-state index is 0.00517. The number of carboxylic acids is 1. The van der Waals surface area contributed by atoms with Crippen LogP contribution >= 0.6 is 0 Å². The normalized spacial score (nSPS) is 18.1. The van der Waals surface area contributed by atoms with E-state index in [2.05, 4.69) is 24.1 Å². The van der Waals surface area contributed by atoms with Gasteiger partial charge in [0.25, 0.3) is 0 Å². The summed E-state index contributed by atoms with van der Waals surface area (Å²) in [5.41, 5.74) is 3.40. The van der Waals surface area contributed by atoms with E-state index in [-0.39, 0.29) is 37.6 Å². The summed E-state index contributed by atoms with van der Waals surface area (Å²) < 4.78 is 13.2. The van der Waals surface area contributed by atoms with E-state index in [1.165, 1.54) is 77.0 Å². The maximum absolute atomic E-state index is 12.1. The highest BCUT2D eigenvalue weighted by molar-refractivity contribution is 5.92. The first-order valence-corrected chi connectivity index (χ1v) is 17.8. The van der Waals surface area contributed by atoms with Gasteiger partial charge in [-0.1, -0.05) is 114 Å². The average Bonchev–Trinajstić information content (AvgIpc) is 3.07. The van der Waals surface area contributed by atoms with Gasteiger partial charge in [0.2, 0.25) is 5.91 Å². The zero-order valence-corrected chi connectivity index (χ0v) is 28.3. The summed E-state index contributed by atoms with van der Waals surface area (Å²) in [7, 11) is 0. The molecule has 2 aromatic carbocycles. The van der Waals surface area contributed by atoms with Crippen molar-refractivity contribution in [3.63, 3.8) is 0 Å². The number of hydrogen-bond donors (Lipinski definition) is 3. The second kappa shape index (κ2) is 21.9. The summed E-state index contributed by atoms with van der Waals surface area (Å²) in [6.07, 6.45) is 15.1. The Morgan fingerprint density at radius 2 is 1.33 bits per heavy atom. The van der Waals surface area contributed by atoms with Gasteiger partial charge >= 0.3 is 5.97 Å². The Labute approximate surface area is 276 Å². The summed E-state index contributed by atoms with van der Waals surface area (Å²) in [5.74, 6) is -1.33. The summed E-state index contributed by atoms with van der Waals surface area (Å²) >= 11 is 0. The molecule has 256 valence electrons. The van der Waals surface area contributed by atoms with Crippen molar-refractivity contribution in [3.8, 4) is 0 Å². The molecule has 8 nitrogen and oxygen atoms in total. The molecule has 1 heterocycles. The molecular weight excluding hydrogens is 580 g/mol. The lowest BCUT2D eigenvalue weighted by Crippen LogP contribution is -2.40. The first-order valence-electron chi connectivity index (χ1n) is 17.8. The average molecular weight is 639 g/mol. The Kier molecular flexibility index (Phi) is 17.9. The Morgan fingerprint density at radius 3 is 1.89 bits per heavy atom. The number of nitrogens with one attached hydrogen (secondary N) is 1. The van der Waals surface area contributed by atoms with Crippen LogP contribution in [0.5, 0.6) is 0 Å². The van der Waals surface area contributed by atoms with Gasteiger partial charge in [-0.15, -0.1) is 0 Å². The van der Waals surface area contributed by atoms with Crippen molar-refractivity contribution >= 4 is 17.6 Å². The van der Waals surface area contributed by atoms with Crippen LogP contribution < -0.4 is 5.32 Å². The molecule has 0 radical (unpaired) electrons. The Balaban J connectivity index is 1.70. The van der Waals surface area contributed by atoms with Gasteiger partial charge in [0.05, 0.1) is 25.2 Å². The summed E-state index contributed by atoms with van der Waals surface area (Å²) in [4.78, 5) is 25.5. The number of unbranched alkanes of at least 4 members (excludes halogenated alkanes) is 10. The number of nitrogens with zero attached hydrogens (tertiary/aromatic N) is 1. The fraction of sp³-hybridized carbons (Fsp3) is 0.632. The number of ether oxygens (including phenoxy) is 2. The van der Waals surface area contributed by atoms with E-state index in [0.29, 0.717) is 5.69 Å². The topological polar surface area (TPSA) is 108 Å². The van der Waals surface area contributed by atoms with Gasteiger partial charge in [-0.3, -0.25) is 9.59 Å². The highest BCUT2D eigenvalue weighted by Crippen LogP contribution is 2.38. The molecule has 2 aromatic rings. The zero-order valence-electron chi connectivity index (χ0n) is 28.3. The van der Waals surface area contributed by atoms with Gasteiger partial charge in [-0.05, 0) is 49.2 Å². The second-order valence-electron chi connectivity index (χ2n) is 12.8. The summed E-state index contributed by atoms with van der Waals surface area (Å²) in [6, 6.07) is 15.4. The predicted molar refractivity (Wildman–Crippen MR) is 184 cm³/mol. The number of carboxylic acid groups (broad SMARTS) is 1. The van der Waals surface area contributed by atoms with E-state index < -0.39 is 12.3 Å². The van der Waals surface area contributed by atoms with E-state index in [1.54, 1.807) is 12.1 Å². The fourth-order valence-electron chi connectivity index (χ4n) is 6.01. The van der Waals surface area contributed by atoms with Crippen LogP contribution in [0.2, 0.25) is 0 Å². The molecule has 3 N–H and O–H groups in total. The van der Waals surface area contributed by atoms with Crippen LogP contribution in [0.15, 0.2) is 48.5 Å². The van der Waals surface area contributed by atoms with Gasteiger partial charge in [0.15, 0.2) is 6.29 Å². The van der Waals surface area contributed by atoms with Crippen LogP contribution in [0, 0.1) is 0 Å². The SMILES string of the molecule is CCCCCCCCN(CCCCCCCC)CC1CC(c2ccc(CO)cc2)OC(c2ccc(NC(=O)CCC(=O)O)cc2)O1. The minimum atomic E-state index is -0.996. The molecule has 1 aliphatic rings. The number of aliphatic carboxylic acids is 1. The van der Waals surface area contributed by atoms with Crippen LogP contribution in [0.25, 0.3) is 0 Å². The van der Waals surface area contributed by atoms with Gasteiger partial charge in [0.1, 0.15) is 0 Å². The number of rotatable bonds is 23. The molecule has 0 aromatic heterocycles. The lowest BCUT2D eigenvalue weighted by atomic mass is 9.99. The van der Waals surface area contributed by atoms with Crippen molar-refractivity contribution in [2.24, 2.45) is 0 Å². The van der Waals surface area contributed by atoms with E-state index >= 15 is 0 Å². The quantitative estimate of drug-likeness (QED) is 0.105. The maximum atomic E-state index is 12.1. The van der Waals surface area contributed by atoms with E-state index in [0.717, 1.165) is 42.7 Å². The fourth-order valence-corrected chi connectivity index (χ4v) is 6.01. The number of aliphatic hydroxyl groups is 1. The molecule has 3 unspecified atom stereocenters. The number of aliphatic hydroxyl groups excluding tert-OH is 1. The van der Waals surface area contributed by atoms with Gasteiger partial charge in [-0.2, -0.15) is 0 Å². The molecule has 0 saturated carbocycles. The van der Waals surface area contributed by atoms with Crippen LogP contribution in [0.3, 0.4) is 0 Å². The molecule has 8 heteroatoms. The minimum Gasteiger partial charge on any atom is -0.481 e. The molecule has 0 aliphatic carbocycles. The monoisotopic (exact) mass is 638 g/mol. The van der Waals surface area contributed by atoms with Crippen molar-refractivity contribution in [1.82, 2.24) is 4.90 Å². The van der Waals surface area contributed by atoms with Gasteiger partial charge in [-0.25, -0.2) is 0 Å². The Bertz CT molecular complexity index is 1110. The van der Waals surface area contributed by atoms with Crippen molar-refractivity contribution in [2.45, 2.75) is 135 Å². The molecule has 0 bridgehead atoms. The van der Waals surface area contributed by atoms with Crippen molar-refractivity contribution < 1.29 is 29.3 Å². The molecule has 1 fully saturated rings. The number of hydrogen-bond acceptors (Lipinski definition) is 6. The van der Waals surface area contributed by atoms with E-state index in [4.69, 9.17) is 14.6 Å². The van der Waals surface area contributed by atoms with Gasteiger partial charge < -0.3 is 29.9 Å². The second-order valence-corrected chi connectivity index (χ2v) is 12.8. The number of amides is 1. The van der Waals surface area contributed by atoms with Crippen LogP contribution in [0.1, 0.15) is 139 Å². The maximum Gasteiger partial charge on any atom is 0.303 e. The molecule has 3 atom stereocenters.